The van der Waals surface area contributed by atoms with Gasteiger partial charge in [0.2, 0.25) is 0 Å². The number of halogens is 1. The van der Waals surface area contributed by atoms with Gasteiger partial charge in [-0.3, -0.25) is 4.79 Å². The Balaban J connectivity index is 1.68. The number of fused-ring (bicyclic) bond motifs is 1. The Morgan fingerprint density at radius 3 is 2.90 bits per heavy atom. The van der Waals surface area contributed by atoms with Gasteiger partial charge in [-0.2, -0.15) is 0 Å². The minimum absolute atomic E-state index is 0.166. The zero-order valence-electron chi connectivity index (χ0n) is 11.7. The Labute approximate surface area is 132 Å². The SMILES string of the molecule is O=C(NCC1(O)CCCC1)C1=Cc2cc(Br)ccc2OC1. The standard InChI is InChI=1S/C16H18BrNO3/c17-13-3-4-14-11(8-13)7-12(9-21-14)15(19)18-10-16(20)5-1-2-6-16/h3-4,7-8,20H,1-2,5-6,9-10H2,(H,18,19). The Morgan fingerprint density at radius 2 is 2.14 bits per heavy atom. The summed E-state index contributed by atoms with van der Waals surface area (Å²) in [6.07, 6.45) is 5.42. The zero-order chi connectivity index (χ0) is 14.9. The summed E-state index contributed by atoms with van der Waals surface area (Å²) in [5.74, 6) is 0.616. The van der Waals surface area contributed by atoms with Crippen LogP contribution in [-0.4, -0.2) is 29.8 Å². The van der Waals surface area contributed by atoms with E-state index in [-0.39, 0.29) is 12.5 Å². The molecule has 2 aliphatic rings. The molecule has 1 amide bonds. The van der Waals surface area contributed by atoms with Gasteiger partial charge < -0.3 is 15.2 Å². The molecule has 0 bridgehead atoms. The lowest BCUT2D eigenvalue weighted by atomic mass is 10.0. The van der Waals surface area contributed by atoms with Gasteiger partial charge >= 0.3 is 0 Å². The molecule has 1 aromatic carbocycles. The Morgan fingerprint density at radius 1 is 1.38 bits per heavy atom. The summed E-state index contributed by atoms with van der Waals surface area (Å²) in [4.78, 5) is 12.2. The molecule has 112 valence electrons. The summed E-state index contributed by atoms with van der Waals surface area (Å²) in [5, 5.41) is 13.1. The summed E-state index contributed by atoms with van der Waals surface area (Å²) >= 11 is 3.41. The number of rotatable bonds is 3. The lowest BCUT2D eigenvalue weighted by Crippen LogP contribution is -2.42. The smallest absolute Gasteiger partial charge is 0.250 e. The van der Waals surface area contributed by atoms with Crippen molar-refractivity contribution in [1.29, 1.82) is 0 Å². The zero-order valence-corrected chi connectivity index (χ0v) is 13.3. The average Bonchev–Trinajstić information content (AvgIpc) is 2.91. The van der Waals surface area contributed by atoms with Crippen molar-refractivity contribution >= 4 is 27.9 Å². The van der Waals surface area contributed by atoms with Gasteiger partial charge in [-0.25, -0.2) is 0 Å². The largest absolute Gasteiger partial charge is 0.488 e. The molecule has 4 nitrogen and oxygen atoms in total. The van der Waals surface area contributed by atoms with Crippen molar-refractivity contribution in [3.05, 3.63) is 33.8 Å². The van der Waals surface area contributed by atoms with E-state index in [4.69, 9.17) is 4.74 Å². The van der Waals surface area contributed by atoms with Crippen LogP contribution in [0.2, 0.25) is 0 Å². The Bertz CT molecular complexity index is 591. The van der Waals surface area contributed by atoms with E-state index in [9.17, 15) is 9.90 Å². The first-order valence-corrected chi connectivity index (χ1v) is 7.99. The molecule has 0 radical (unpaired) electrons. The van der Waals surface area contributed by atoms with Crippen molar-refractivity contribution < 1.29 is 14.6 Å². The summed E-state index contributed by atoms with van der Waals surface area (Å²) in [6, 6.07) is 5.71. The Kier molecular flexibility index (Phi) is 4.04. The molecule has 0 aromatic heterocycles. The van der Waals surface area contributed by atoms with Gasteiger partial charge in [0.25, 0.3) is 5.91 Å². The van der Waals surface area contributed by atoms with Crippen molar-refractivity contribution in [3.8, 4) is 5.75 Å². The number of amides is 1. The minimum atomic E-state index is -0.729. The molecule has 21 heavy (non-hydrogen) atoms. The minimum Gasteiger partial charge on any atom is -0.488 e. The van der Waals surface area contributed by atoms with Crippen molar-refractivity contribution in [2.24, 2.45) is 0 Å². The highest BCUT2D eigenvalue weighted by Gasteiger charge is 2.31. The van der Waals surface area contributed by atoms with Crippen LogP contribution in [0.5, 0.6) is 5.75 Å². The van der Waals surface area contributed by atoms with Crippen LogP contribution in [0.25, 0.3) is 6.08 Å². The van der Waals surface area contributed by atoms with Crippen molar-refractivity contribution in [2.75, 3.05) is 13.2 Å². The molecule has 1 heterocycles. The molecule has 0 spiro atoms. The fourth-order valence-electron chi connectivity index (χ4n) is 2.85. The second-order valence-corrected chi connectivity index (χ2v) is 6.67. The van der Waals surface area contributed by atoms with Crippen molar-refractivity contribution in [3.63, 3.8) is 0 Å². The van der Waals surface area contributed by atoms with Gasteiger partial charge in [0.1, 0.15) is 12.4 Å². The quantitative estimate of drug-likeness (QED) is 0.879. The third-order valence-corrected chi connectivity index (χ3v) is 4.58. The van der Waals surface area contributed by atoms with E-state index in [1.54, 1.807) is 0 Å². The maximum Gasteiger partial charge on any atom is 0.250 e. The topological polar surface area (TPSA) is 58.6 Å². The van der Waals surface area contributed by atoms with E-state index < -0.39 is 5.60 Å². The molecular weight excluding hydrogens is 334 g/mol. The third-order valence-electron chi connectivity index (χ3n) is 4.09. The first kappa shape index (κ1) is 14.6. The van der Waals surface area contributed by atoms with Gasteiger partial charge in [0, 0.05) is 16.6 Å². The molecule has 1 aromatic rings. The van der Waals surface area contributed by atoms with Crippen LogP contribution in [0.1, 0.15) is 31.2 Å². The second-order valence-electron chi connectivity index (χ2n) is 5.75. The second kappa shape index (κ2) is 5.81. The predicted octanol–water partition coefficient (Wildman–Crippen LogP) is 2.65. The first-order valence-electron chi connectivity index (χ1n) is 7.19. The van der Waals surface area contributed by atoms with Crippen LogP contribution in [0.15, 0.2) is 28.2 Å². The van der Waals surface area contributed by atoms with E-state index in [0.717, 1.165) is 41.5 Å². The number of aliphatic hydroxyl groups is 1. The van der Waals surface area contributed by atoms with Gasteiger partial charge in [-0.15, -0.1) is 0 Å². The summed E-state index contributed by atoms with van der Waals surface area (Å²) in [6.45, 7) is 0.577. The van der Waals surface area contributed by atoms with E-state index in [2.05, 4.69) is 21.2 Å². The molecule has 1 saturated carbocycles. The van der Waals surface area contributed by atoms with Gasteiger partial charge in [-0.1, -0.05) is 28.8 Å². The molecule has 0 saturated heterocycles. The molecule has 1 fully saturated rings. The molecule has 0 atom stereocenters. The van der Waals surface area contributed by atoms with Crippen LogP contribution in [0.4, 0.5) is 0 Å². The number of carbonyl (C=O) groups excluding carboxylic acids is 1. The number of hydrogen-bond donors (Lipinski definition) is 2. The van der Waals surface area contributed by atoms with Crippen LogP contribution in [-0.2, 0) is 4.79 Å². The van der Waals surface area contributed by atoms with Crippen LogP contribution >= 0.6 is 15.9 Å². The number of nitrogens with one attached hydrogen (secondary N) is 1. The fourth-order valence-corrected chi connectivity index (χ4v) is 3.23. The highest BCUT2D eigenvalue weighted by atomic mass is 79.9. The number of carbonyl (C=O) groups is 1. The van der Waals surface area contributed by atoms with E-state index >= 15 is 0 Å². The normalized spacial score (nSPS) is 19.4. The van der Waals surface area contributed by atoms with E-state index in [0.29, 0.717) is 12.1 Å². The van der Waals surface area contributed by atoms with E-state index in [1.807, 2.05) is 24.3 Å². The Hall–Kier alpha value is -1.33. The van der Waals surface area contributed by atoms with Gasteiger partial charge in [0.15, 0.2) is 0 Å². The fraction of sp³-hybridized carbons (Fsp3) is 0.438. The monoisotopic (exact) mass is 351 g/mol. The maximum atomic E-state index is 12.2. The van der Waals surface area contributed by atoms with Crippen molar-refractivity contribution in [2.45, 2.75) is 31.3 Å². The highest BCUT2D eigenvalue weighted by Crippen LogP contribution is 2.30. The highest BCUT2D eigenvalue weighted by molar-refractivity contribution is 9.10. The summed E-state index contributed by atoms with van der Waals surface area (Å²) in [7, 11) is 0. The first-order chi connectivity index (χ1) is 10.1. The third kappa shape index (κ3) is 3.30. The van der Waals surface area contributed by atoms with Gasteiger partial charge in [-0.05, 0) is 37.1 Å². The maximum absolute atomic E-state index is 12.2. The van der Waals surface area contributed by atoms with Crippen LogP contribution in [0.3, 0.4) is 0 Å². The van der Waals surface area contributed by atoms with Crippen molar-refractivity contribution in [1.82, 2.24) is 5.32 Å². The molecule has 5 heteroatoms. The number of benzene rings is 1. The molecule has 2 N–H and O–H groups in total. The molecule has 3 rings (SSSR count). The predicted molar refractivity (Wildman–Crippen MR) is 84.0 cm³/mol. The van der Waals surface area contributed by atoms with Crippen LogP contribution < -0.4 is 10.1 Å². The van der Waals surface area contributed by atoms with Gasteiger partial charge in [0.05, 0.1) is 11.2 Å². The number of hydrogen-bond acceptors (Lipinski definition) is 3. The van der Waals surface area contributed by atoms with Crippen LogP contribution in [0, 0.1) is 0 Å². The lowest BCUT2D eigenvalue weighted by molar-refractivity contribution is -0.119. The van der Waals surface area contributed by atoms with E-state index in [1.165, 1.54) is 0 Å². The molecule has 1 aliphatic heterocycles. The average molecular weight is 352 g/mol. The molecule has 1 aliphatic carbocycles. The summed E-state index contributed by atoms with van der Waals surface area (Å²) in [5.41, 5.74) is 0.745. The number of ether oxygens (including phenoxy) is 1. The lowest BCUT2D eigenvalue weighted by Gasteiger charge is -2.23. The summed E-state index contributed by atoms with van der Waals surface area (Å²) < 4.78 is 6.54. The molecular formula is C16H18BrNO3. The molecule has 0 unspecified atom stereocenters.